The van der Waals surface area contributed by atoms with Crippen LogP contribution in [0.4, 0.5) is 5.82 Å². The maximum Gasteiger partial charge on any atom is 0.337 e. The predicted octanol–water partition coefficient (Wildman–Crippen LogP) is 1.06. The van der Waals surface area contributed by atoms with E-state index in [-0.39, 0.29) is 17.4 Å². The number of amides is 1. The summed E-state index contributed by atoms with van der Waals surface area (Å²) in [6.07, 6.45) is 3.13. The first-order chi connectivity index (χ1) is 9.06. The van der Waals surface area contributed by atoms with Gasteiger partial charge in [-0.05, 0) is 38.6 Å². The summed E-state index contributed by atoms with van der Waals surface area (Å²) in [5.41, 5.74) is 0.107. The first kappa shape index (κ1) is 13.5. The smallest absolute Gasteiger partial charge is 0.337 e. The lowest BCUT2D eigenvalue weighted by molar-refractivity contribution is -0.121. The highest BCUT2D eigenvalue weighted by molar-refractivity contribution is 5.92. The molecule has 1 atom stereocenters. The number of piperidine rings is 1. The van der Waals surface area contributed by atoms with Gasteiger partial charge in [0.2, 0.25) is 5.91 Å². The third-order valence-corrected chi connectivity index (χ3v) is 3.26. The molecule has 1 aromatic heterocycles. The second-order valence-corrected chi connectivity index (χ2v) is 4.83. The largest absolute Gasteiger partial charge is 0.478 e. The SMILES string of the molecule is CN1CCCC(C(=O)Nc2ccc(C(=O)O)cn2)C1. The number of pyridine rings is 1. The summed E-state index contributed by atoms with van der Waals surface area (Å²) in [6.45, 7) is 1.77. The molecule has 1 aromatic rings. The molecule has 19 heavy (non-hydrogen) atoms. The number of carbonyl (C=O) groups is 2. The fraction of sp³-hybridized carbons (Fsp3) is 0.462. The van der Waals surface area contributed by atoms with Gasteiger partial charge in [0, 0.05) is 12.7 Å². The molecule has 0 bridgehead atoms. The highest BCUT2D eigenvalue weighted by Gasteiger charge is 2.24. The lowest BCUT2D eigenvalue weighted by atomic mass is 9.98. The molecule has 0 saturated carbocycles. The monoisotopic (exact) mass is 263 g/mol. The van der Waals surface area contributed by atoms with Crippen LogP contribution < -0.4 is 5.32 Å². The molecule has 0 aliphatic carbocycles. The lowest BCUT2D eigenvalue weighted by Crippen LogP contribution is -2.38. The first-order valence-corrected chi connectivity index (χ1v) is 6.25. The number of aromatic carboxylic acids is 1. The predicted molar refractivity (Wildman–Crippen MR) is 70.0 cm³/mol. The summed E-state index contributed by atoms with van der Waals surface area (Å²) >= 11 is 0. The number of carbonyl (C=O) groups excluding carboxylic acids is 1. The molecule has 0 aromatic carbocycles. The van der Waals surface area contributed by atoms with Crippen molar-refractivity contribution < 1.29 is 14.7 Å². The molecule has 1 aliphatic rings. The van der Waals surface area contributed by atoms with Crippen molar-refractivity contribution in [2.24, 2.45) is 5.92 Å². The Kier molecular flexibility index (Phi) is 4.11. The van der Waals surface area contributed by atoms with Gasteiger partial charge in [0.05, 0.1) is 11.5 Å². The molecule has 1 saturated heterocycles. The molecular weight excluding hydrogens is 246 g/mol. The number of hydrogen-bond donors (Lipinski definition) is 2. The molecule has 6 heteroatoms. The zero-order valence-electron chi connectivity index (χ0n) is 10.8. The third-order valence-electron chi connectivity index (χ3n) is 3.26. The molecule has 2 rings (SSSR count). The number of carboxylic acid groups (broad SMARTS) is 1. The van der Waals surface area contributed by atoms with E-state index in [1.165, 1.54) is 18.3 Å². The first-order valence-electron chi connectivity index (χ1n) is 6.25. The molecule has 1 fully saturated rings. The van der Waals surface area contributed by atoms with Crippen LogP contribution in [0.25, 0.3) is 0 Å². The van der Waals surface area contributed by atoms with Gasteiger partial charge in [-0.1, -0.05) is 0 Å². The molecule has 102 valence electrons. The van der Waals surface area contributed by atoms with E-state index in [1.54, 1.807) is 0 Å². The van der Waals surface area contributed by atoms with Gasteiger partial charge in [-0.2, -0.15) is 0 Å². The van der Waals surface area contributed by atoms with Gasteiger partial charge >= 0.3 is 5.97 Å². The van der Waals surface area contributed by atoms with Crippen molar-refractivity contribution in [3.05, 3.63) is 23.9 Å². The summed E-state index contributed by atoms with van der Waals surface area (Å²) in [5.74, 6) is -0.718. The lowest BCUT2D eigenvalue weighted by Gasteiger charge is -2.28. The van der Waals surface area contributed by atoms with Crippen LogP contribution in [0.15, 0.2) is 18.3 Å². The zero-order chi connectivity index (χ0) is 13.8. The summed E-state index contributed by atoms with van der Waals surface area (Å²) in [6, 6.07) is 2.94. The Morgan fingerprint density at radius 1 is 1.47 bits per heavy atom. The van der Waals surface area contributed by atoms with Gasteiger partial charge in [-0.25, -0.2) is 9.78 Å². The third kappa shape index (κ3) is 3.51. The van der Waals surface area contributed by atoms with E-state index < -0.39 is 5.97 Å². The van der Waals surface area contributed by atoms with Gasteiger partial charge in [0.25, 0.3) is 0 Å². The number of nitrogens with one attached hydrogen (secondary N) is 1. The van der Waals surface area contributed by atoms with Crippen LogP contribution in [0.5, 0.6) is 0 Å². The van der Waals surface area contributed by atoms with E-state index in [0.29, 0.717) is 5.82 Å². The fourth-order valence-electron chi connectivity index (χ4n) is 2.20. The van der Waals surface area contributed by atoms with Gasteiger partial charge in [-0.3, -0.25) is 4.79 Å². The summed E-state index contributed by atoms with van der Waals surface area (Å²) in [7, 11) is 2.00. The van der Waals surface area contributed by atoms with Crippen molar-refractivity contribution in [3.8, 4) is 0 Å². The highest BCUT2D eigenvalue weighted by Crippen LogP contribution is 2.17. The van der Waals surface area contributed by atoms with Crippen molar-refractivity contribution in [1.29, 1.82) is 0 Å². The minimum atomic E-state index is -1.03. The van der Waals surface area contributed by atoms with Crippen LogP contribution in [0.1, 0.15) is 23.2 Å². The molecule has 0 radical (unpaired) electrons. The van der Waals surface area contributed by atoms with E-state index in [0.717, 1.165) is 25.9 Å². The summed E-state index contributed by atoms with van der Waals surface area (Å²) in [4.78, 5) is 28.8. The summed E-state index contributed by atoms with van der Waals surface area (Å²) in [5, 5.41) is 11.5. The number of nitrogens with zero attached hydrogens (tertiary/aromatic N) is 2. The molecule has 1 unspecified atom stereocenters. The number of likely N-dealkylation sites (tertiary alicyclic amines) is 1. The van der Waals surface area contributed by atoms with Crippen LogP contribution in [0, 0.1) is 5.92 Å². The van der Waals surface area contributed by atoms with Crippen LogP contribution in [-0.2, 0) is 4.79 Å². The molecule has 1 amide bonds. The van der Waals surface area contributed by atoms with Crippen LogP contribution in [-0.4, -0.2) is 47.0 Å². The quantitative estimate of drug-likeness (QED) is 0.852. The maximum absolute atomic E-state index is 12.0. The van der Waals surface area contributed by atoms with Crippen molar-refractivity contribution >= 4 is 17.7 Å². The van der Waals surface area contributed by atoms with Gasteiger partial charge in [-0.15, -0.1) is 0 Å². The van der Waals surface area contributed by atoms with Crippen LogP contribution >= 0.6 is 0 Å². The maximum atomic E-state index is 12.0. The van der Waals surface area contributed by atoms with Crippen molar-refractivity contribution in [2.45, 2.75) is 12.8 Å². The van der Waals surface area contributed by atoms with E-state index in [1.807, 2.05) is 7.05 Å². The second kappa shape index (κ2) is 5.79. The average Bonchev–Trinajstić information content (AvgIpc) is 2.39. The van der Waals surface area contributed by atoms with Crippen molar-refractivity contribution in [3.63, 3.8) is 0 Å². The number of aromatic nitrogens is 1. The van der Waals surface area contributed by atoms with Gasteiger partial charge in [0.1, 0.15) is 5.82 Å². The number of carboxylic acids is 1. The number of anilines is 1. The van der Waals surface area contributed by atoms with Crippen molar-refractivity contribution in [2.75, 3.05) is 25.5 Å². The molecule has 0 spiro atoms. The van der Waals surface area contributed by atoms with E-state index >= 15 is 0 Å². The normalized spacial score (nSPS) is 19.9. The molecule has 6 nitrogen and oxygen atoms in total. The minimum Gasteiger partial charge on any atom is -0.478 e. The number of hydrogen-bond acceptors (Lipinski definition) is 4. The summed E-state index contributed by atoms with van der Waals surface area (Å²) < 4.78 is 0. The Labute approximate surface area is 111 Å². The number of rotatable bonds is 3. The van der Waals surface area contributed by atoms with E-state index in [4.69, 9.17) is 5.11 Å². The van der Waals surface area contributed by atoms with Gasteiger partial charge in [0.15, 0.2) is 0 Å². The van der Waals surface area contributed by atoms with E-state index in [9.17, 15) is 9.59 Å². The van der Waals surface area contributed by atoms with Crippen molar-refractivity contribution in [1.82, 2.24) is 9.88 Å². The Bertz CT molecular complexity index is 473. The Hall–Kier alpha value is -1.95. The Morgan fingerprint density at radius 2 is 2.26 bits per heavy atom. The zero-order valence-corrected chi connectivity index (χ0v) is 10.8. The fourth-order valence-corrected chi connectivity index (χ4v) is 2.20. The highest BCUT2D eigenvalue weighted by atomic mass is 16.4. The Balaban J connectivity index is 1.96. The molecule has 2 heterocycles. The standard InChI is InChI=1S/C13H17N3O3/c1-16-6-2-3-10(8-16)12(17)15-11-5-4-9(7-14-11)13(18)19/h4-5,7,10H,2-3,6,8H2,1H3,(H,18,19)(H,14,15,17). The van der Waals surface area contributed by atoms with Crippen LogP contribution in [0.2, 0.25) is 0 Å². The van der Waals surface area contributed by atoms with Crippen LogP contribution in [0.3, 0.4) is 0 Å². The minimum absolute atomic E-state index is 0.0281. The Morgan fingerprint density at radius 3 is 2.84 bits per heavy atom. The molecule has 1 aliphatic heterocycles. The van der Waals surface area contributed by atoms with E-state index in [2.05, 4.69) is 15.2 Å². The molecular formula is C13H17N3O3. The second-order valence-electron chi connectivity index (χ2n) is 4.83. The average molecular weight is 263 g/mol. The van der Waals surface area contributed by atoms with Gasteiger partial charge < -0.3 is 15.3 Å². The topological polar surface area (TPSA) is 82.5 Å². The molecule has 2 N–H and O–H groups in total.